The van der Waals surface area contributed by atoms with Crippen LogP contribution in [0.5, 0.6) is 5.88 Å². The molecule has 0 aliphatic rings. The molecule has 2 aromatic rings. The smallest absolute Gasteiger partial charge is 0.340 e. The first kappa shape index (κ1) is 19.5. The molecule has 0 aromatic carbocycles. The summed E-state index contributed by atoms with van der Waals surface area (Å²) in [6.07, 6.45) is 1.41. The molecule has 2 heterocycles. The van der Waals surface area contributed by atoms with E-state index < -0.39 is 5.97 Å². The molecule has 0 atom stereocenters. The molecule has 7 nitrogen and oxygen atoms in total. The van der Waals surface area contributed by atoms with Crippen LogP contribution in [0.4, 0.5) is 0 Å². The summed E-state index contributed by atoms with van der Waals surface area (Å²) in [7, 11) is 0. The summed E-state index contributed by atoms with van der Waals surface area (Å²) < 4.78 is 10.7. The van der Waals surface area contributed by atoms with Crippen LogP contribution in [0.15, 0.2) is 18.3 Å². The molecule has 0 unspecified atom stereocenters. The fourth-order valence-electron chi connectivity index (χ4n) is 2.65. The van der Waals surface area contributed by atoms with Crippen LogP contribution >= 0.6 is 0 Å². The Morgan fingerprint density at radius 3 is 2.69 bits per heavy atom. The summed E-state index contributed by atoms with van der Waals surface area (Å²) in [6, 6.07) is 3.63. The van der Waals surface area contributed by atoms with Crippen molar-refractivity contribution in [2.24, 2.45) is 0 Å². The van der Waals surface area contributed by atoms with Crippen molar-refractivity contribution in [2.75, 3.05) is 6.61 Å². The Bertz CT molecular complexity index is 796. The van der Waals surface area contributed by atoms with E-state index in [0.717, 1.165) is 5.56 Å². The molecule has 2 aromatic heterocycles. The summed E-state index contributed by atoms with van der Waals surface area (Å²) in [5, 5.41) is 2.83. The second-order valence-electron chi connectivity index (χ2n) is 6.16. The summed E-state index contributed by atoms with van der Waals surface area (Å²) in [5.41, 5.74) is 2.71. The third-order valence-corrected chi connectivity index (χ3v) is 3.78. The van der Waals surface area contributed by atoms with Crippen molar-refractivity contribution in [3.8, 4) is 5.88 Å². The van der Waals surface area contributed by atoms with Crippen molar-refractivity contribution < 1.29 is 19.1 Å². The maximum absolute atomic E-state index is 12.6. The van der Waals surface area contributed by atoms with Gasteiger partial charge < -0.3 is 19.8 Å². The number of aryl methyl sites for hydroxylation is 1. The van der Waals surface area contributed by atoms with E-state index in [4.69, 9.17) is 9.47 Å². The van der Waals surface area contributed by atoms with Gasteiger partial charge in [-0.25, -0.2) is 9.78 Å². The van der Waals surface area contributed by atoms with E-state index in [1.54, 1.807) is 40.0 Å². The fraction of sp³-hybridized carbons (Fsp3) is 0.421. The van der Waals surface area contributed by atoms with Crippen LogP contribution in [-0.2, 0) is 11.3 Å². The molecule has 0 aliphatic heterocycles. The SMILES string of the molecule is CCOc1ncccc1CNC(=O)c1[nH]c(C)c(C(=O)OC(C)C)c1C. The van der Waals surface area contributed by atoms with Crippen LogP contribution in [0.3, 0.4) is 0 Å². The van der Waals surface area contributed by atoms with Gasteiger partial charge in [0.05, 0.1) is 18.3 Å². The van der Waals surface area contributed by atoms with Gasteiger partial charge in [-0.15, -0.1) is 0 Å². The van der Waals surface area contributed by atoms with Crippen molar-refractivity contribution in [2.45, 2.75) is 47.3 Å². The average molecular weight is 359 g/mol. The lowest BCUT2D eigenvalue weighted by Gasteiger charge is -2.10. The van der Waals surface area contributed by atoms with Gasteiger partial charge in [0.15, 0.2) is 0 Å². The van der Waals surface area contributed by atoms with Crippen molar-refractivity contribution in [3.05, 3.63) is 46.4 Å². The van der Waals surface area contributed by atoms with E-state index in [9.17, 15) is 9.59 Å². The quantitative estimate of drug-likeness (QED) is 0.742. The zero-order chi connectivity index (χ0) is 19.3. The predicted molar refractivity (Wildman–Crippen MR) is 97.4 cm³/mol. The summed E-state index contributed by atoms with van der Waals surface area (Å²) in [5.74, 6) is -0.243. The number of esters is 1. The summed E-state index contributed by atoms with van der Waals surface area (Å²) in [6.45, 7) is 9.68. The first-order valence-corrected chi connectivity index (χ1v) is 8.60. The minimum atomic E-state index is -0.434. The van der Waals surface area contributed by atoms with Crippen LogP contribution in [0.2, 0.25) is 0 Å². The maximum Gasteiger partial charge on any atom is 0.340 e. The fourth-order valence-corrected chi connectivity index (χ4v) is 2.65. The van der Waals surface area contributed by atoms with Gasteiger partial charge >= 0.3 is 5.97 Å². The van der Waals surface area contributed by atoms with E-state index in [0.29, 0.717) is 35.0 Å². The van der Waals surface area contributed by atoms with Crippen molar-refractivity contribution in [1.29, 1.82) is 0 Å². The van der Waals surface area contributed by atoms with Gasteiger partial charge in [0.2, 0.25) is 5.88 Å². The summed E-state index contributed by atoms with van der Waals surface area (Å²) >= 11 is 0. The van der Waals surface area contributed by atoms with E-state index in [2.05, 4.69) is 15.3 Å². The number of H-pyrrole nitrogens is 1. The second kappa shape index (κ2) is 8.51. The Kier molecular flexibility index (Phi) is 6.38. The van der Waals surface area contributed by atoms with Crippen molar-refractivity contribution >= 4 is 11.9 Å². The Morgan fingerprint density at radius 1 is 1.31 bits per heavy atom. The van der Waals surface area contributed by atoms with Crippen LogP contribution in [0, 0.1) is 13.8 Å². The average Bonchev–Trinajstić information content (AvgIpc) is 2.88. The van der Waals surface area contributed by atoms with Gasteiger partial charge in [-0.3, -0.25) is 4.79 Å². The zero-order valence-corrected chi connectivity index (χ0v) is 15.8. The minimum Gasteiger partial charge on any atom is -0.478 e. The standard InChI is InChI=1S/C19H25N3O4/c1-6-25-18-14(8-7-9-20-18)10-21-17(23)16-12(4)15(13(5)22-16)19(24)26-11(2)3/h7-9,11,22H,6,10H2,1-5H3,(H,21,23). The molecule has 7 heteroatoms. The minimum absolute atomic E-state index is 0.226. The van der Waals surface area contributed by atoms with Gasteiger partial charge in [0.25, 0.3) is 5.91 Å². The van der Waals surface area contributed by atoms with E-state index in [1.807, 2.05) is 13.0 Å². The molecule has 140 valence electrons. The van der Waals surface area contributed by atoms with E-state index in [-0.39, 0.29) is 18.6 Å². The molecule has 26 heavy (non-hydrogen) atoms. The lowest BCUT2D eigenvalue weighted by atomic mass is 10.1. The molecule has 2 N–H and O–H groups in total. The van der Waals surface area contributed by atoms with Crippen LogP contribution in [-0.4, -0.2) is 34.6 Å². The lowest BCUT2D eigenvalue weighted by molar-refractivity contribution is 0.0376. The Morgan fingerprint density at radius 2 is 2.04 bits per heavy atom. The zero-order valence-electron chi connectivity index (χ0n) is 15.8. The number of ether oxygens (including phenoxy) is 2. The van der Waals surface area contributed by atoms with E-state index in [1.165, 1.54) is 0 Å². The number of aromatic amines is 1. The number of carbonyl (C=O) groups is 2. The highest BCUT2D eigenvalue weighted by Gasteiger charge is 2.23. The molecule has 2 rings (SSSR count). The van der Waals surface area contributed by atoms with Crippen LogP contribution < -0.4 is 10.1 Å². The van der Waals surface area contributed by atoms with Gasteiger partial charge in [0.1, 0.15) is 5.69 Å². The number of pyridine rings is 1. The topological polar surface area (TPSA) is 93.3 Å². The molecule has 0 aliphatic carbocycles. The molecule has 1 amide bonds. The monoisotopic (exact) mass is 359 g/mol. The first-order valence-electron chi connectivity index (χ1n) is 8.60. The van der Waals surface area contributed by atoms with Crippen LogP contribution in [0.1, 0.15) is 58.4 Å². The Hall–Kier alpha value is -2.83. The van der Waals surface area contributed by atoms with Gasteiger partial charge in [-0.05, 0) is 46.2 Å². The van der Waals surface area contributed by atoms with Crippen molar-refractivity contribution in [3.63, 3.8) is 0 Å². The number of amides is 1. The number of rotatable bonds is 7. The molecular formula is C19H25N3O4. The molecule has 0 saturated heterocycles. The highest BCUT2D eigenvalue weighted by molar-refractivity contribution is 6.00. The predicted octanol–water partition coefficient (Wildman–Crippen LogP) is 2.92. The molecule has 0 bridgehead atoms. The van der Waals surface area contributed by atoms with Gasteiger partial charge in [-0.2, -0.15) is 0 Å². The van der Waals surface area contributed by atoms with Gasteiger partial charge in [-0.1, -0.05) is 6.07 Å². The molecular weight excluding hydrogens is 334 g/mol. The number of carbonyl (C=O) groups excluding carboxylic acids is 2. The number of nitrogens with one attached hydrogen (secondary N) is 2. The highest BCUT2D eigenvalue weighted by Crippen LogP contribution is 2.20. The Balaban J connectivity index is 2.15. The Labute approximate surface area is 153 Å². The largest absolute Gasteiger partial charge is 0.478 e. The van der Waals surface area contributed by atoms with Gasteiger partial charge in [0, 0.05) is 24.0 Å². The van der Waals surface area contributed by atoms with Crippen LogP contribution in [0.25, 0.3) is 0 Å². The van der Waals surface area contributed by atoms with E-state index >= 15 is 0 Å². The molecule has 0 fully saturated rings. The number of hydrogen-bond donors (Lipinski definition) is 2. The second-order valence-corrected chi connectivity index (χ2v) is 6.16. The number of hydrogen-bond acceptors (Lipinski definition) is 5. The maximum atomic E-state index is 12.6. The normalized spacial score (nSPS) is 10.7. The lowest BCUT2D eigenvalue weighted by Crippen LogP contribution is -2.24. The first-order chi connectivity index (χ1) is 12.3. The number of aromatic nitrogens is 2. The third-order valence-electron chi connectivity index (χ3n) is 3.78. The highest BCUT2D eigenvalue weighted by atomic mass is 16.5. The molecule has 0 saturated carbocycles. The molecule has 0 radical (unpaired) electrons. The van der Waals surface area contributed by atoms with Crippen molar-refractivity contribution in [1.82, 2.24) is 15.3 Å². The summed E-state index contributed by atoms with van der Waals surface area (Å²) in [4.78, 5) is 31.9. The molecule has 0 spiro atoms. The third kappa shape index (κ3) is 4.41. The number of nitrogens with zero attached hydrogens (tertiary/aromatic N) is 1.